The maximum absolute atomic E-state index is 14.1. The maximum Gasteiger partial charge on any atom is 0.472 e. The number of nitrogen functional groups attached to an aromatic ring is 1. The van der Waals surface area contributed by atoms with Gasteiger partial charge in [0.1, 0.15) is 48.1 Å². The zero-order valence-electron chi connectivity index (χ0n) is 35.7. The van der Waals surface area contributed by atoms with E-state index in [1.807, 2.05) is 6.07 Å². The highest BCUT2D eigenvalue weighted by atomic mass is 31.2. The predicted octanol–water partition coefficient (Wildman–Crippen LogP) is 8.73. The van der Waals surface area contributed by atoms with E-state index in [4.69, 9.17) is 38.5 Å². The largest absolute Gasteiger partial charge is 0.472 e. The Hall–Kier alpha value is -3.80. The van der Waals surface area contributed by atoms with Crippen molar-refractivity contribution in [2.24, 2.45) is 0 Å². The zero-order chi connectivity index (χ0) is 43.7. The molecule has 0 aliphatic carbocycles. The van der Waals surface area contributed by atoms with Crippen molar-refractivity contribution in [3.8, 4) is 12.1 Å². The van der Waals surface area contributed by atoms with Crippen molar-refractivity contribution >= 4 is 19.2 Å². The summed E-state index contributed by atoms with van der Waals surface area (Å²) in [6, 6.07) is 11.3. The first-order valence-corrected chi connectivity index (χ1v) is 23.1. The highest BCUT2D eigenvalue weighted by Gasteiger charge is 2.65. The number of fused-ring (bicyclic) bond motifs is 2. The lowest BCUT2D eigenvalue weighted by Gasteiger charge is -2.29. The normalized spacial score (nSPS) is 22.3. The zero-order valence-corrected chi connectivity index (χ0v) is 36.6. The van der Waals surface area contributed by atoms with Gasteiger partial charge in [0.05, 0.1) is 43.8 Å². The highest BCUT2D eigenvalue weighted by Crippen LogP contribution is 2.51. The molecule has 6 atom stereocenters. The van der Waals surface area contributed by atoms with E-state index in [1.54, 1.807) is 26.0 Å². The van der Waals surface area contributed by atoms with E-state index in [2.05, 4.69) is 35.2 Å². The van der Waals surface area contributed by atoms with Crippen molar-refractivity contribution in [2.75, 3.05) is 32.2 Å². The highest BCUT2D eigenvalue weighted by molar-refractivity contribution is 7.47. The van der Waals surface area contributed by atoms with Gasteiger partial charge in [-0.15, -0.1) is 0 Å². The number of hydrogen-bond donors (Lipinski definition) is 2. The first-order chi connectivity index (χ1) is 29.4. The Morgan fingerprint density at radius 2 is 1.67 bits per heavy atom. The Balaban J connectivity index is 1.09. The van der Waals surface area contributed by atoms with E-state index >= 15 is 0 Å². The molecule has 0 spiro atoms. The molecule has 0 bridgehead atoms. The lowest BCUT2D eigenvalue weighted by atomic mass is 9.92. The maximum atomic E-state index is 14.1. The standard InChI is InChI=1S/C44H62FN6O9P/c1-4-5-6-7-8-9-10-11-12-13-14-15-16-17-18-19-22-54-28-36(55-27-34-23-33(26-46)24-35(45)25-34)29-56-61(52,53)57-30-38-40-41(60-43(2,3)59-40)44(31-47,58-38)39-21-20-37-42(48)49-32-50-51(37)39/h11-12,20-21,23-25,32,36,38,40-41H,4-10,13-19,22,27-30H2,1-3H3,(H,52,53)(H2,48,49,50)/b12-11-/t36-,38-,40-,41-,44+/m1/s1. The lowest BCUT2D eigenvalue weighted by Crippen LogP contribution is -2.40. The van der Waals surface area contributed by atoms with Crippen LogP contribution in [0.1, 0.15) is 127 Å². The molecule has 1 unspecified atom stereocenters. The molecular formula is C44H62FN6O9P. The van der Waals surface area contributed by atoms with Crippen LogP contribution in [0.2, 0.25) is 0 Å². The molecule has 3 N–H and O–H groups in total. The number of phosphoric acid groups is 1. The van der Waals surface area contributed by atoms with E-state index in [9.17, 15) is 24.4 Å². The van der Waals surface area contributed by atoms with Crippen molar-refractivity contribution in [3.63, 3.8) is 0 Å². The second-order valence-electron chi connectivity index (χ2n) is 16.2. The third-order valence-electron chi connectivity index (χ3n) is 10.8. The number of ether oxygens (including phenoxy) is 5. The SMILES string of the molecule is CCCCCCCC/C=C\CCCCCCCCOC[C@H](COP(=O)(O)OC[C@H]1O[C@@](C#N)(c2ccc3c(N)ncnn23)[C@@H]2OC(C)(C)O[C@@H]21)OCc1cc(F)cc(C#N)c1. The van der Waals surface area contributed by atoms with Gasteiger partial charge in [0, 0.05) is 6.61 Å². The van der Waals surface area contributed by atoms with Crippen molar-refractivity contribution in [1.29, 1.82) is 10.5 Å². The summed E-state index contributed by atoms with van der Waals surface area (Å²) in [5.74, 6) is -1.52. The smallest absolute Gasteiger partial charge is 0.382 e. The fourth-order valence-electron chi connectivity index (χ4n) is 7.67. The quantitative estimate of drug-likeness (QED) is 0.0398. The van der Waals surface area contributed by atoms with E-state index in [-0.39, 0.29) is 24.6 Å². The van der Waals surface area contributed by atoms with E-state index < -0.39 is 62.7 Å². The van der Waals surface area contributed by atoms with Crippen LogP contribution in [0.25, 0.3) is 5.52 Å². The minimum absolute atomic E-state index is 0.0191. The van der Waals surface area contributed by atoms with Gasteiger partial charge in [-0.3, -0.25) is 9.05 Å². The molecule has 3 aromatic rings. The average Bonchev–Trinajstić information content (AvgIpc) is 3.90. The molecular weight excluding hydrogens is 806 g/mol. The van der Waals surface area contributed by atoms with Crippen LogP contribution in [0.5, 0.6) is 0 Å². The fourth-order valence-corrected chi connectivity index (χ4v) is 8.43. The van der Waals surface area contributed by atoms with Crippen LogP contribution in [0.3, 0.4) is 0 Å². The Kier molecular flexibility index (Phi) is 18.7. The monoisotopic (exact) mass is 868 g/mol. The third kappa shape index (κ3) is 14.1. The van der Waals surface area contributed by atoms with Gasteiger partial charge in [-0.1, -0.05) is 76.9 Å². The summed E-state index contributed by atoms with van der Waals surface area (Å²) in [4.78, 5) is 14.8. The minimum Gasteiger partial charge on any atom is -0.382 e. The number of nitrogens with two attached hydrogens (primary N) is 1. The number of aromatic nitrogens is 3. The summed E-state index contributed by atoms with van der Waals surface area (Å²) in [6.07, 6.45) is 18.9. The van der Waals surface area contributed by atoms with Crippen LogP contribution >= 0.6 is 7.82 Å². The number of allylic oxidation sites excluding steroid dienone is 2. The molecule has 2 saturated heterocycles. The molecule has 2 fully saturated rings. The Morgan fingerprint density at radius 1 is 0.967 bits per heavy atom. The van der Waals surface area contributed by atoms with Gasteiger partial charge < -0.3 is 34.3 Å². The third-order valence-corrected chi connectivity index (χ3v) is 11.7. The number of nitrogens with zero attached hydrogens (tertiary/aromatic N) is 5. The minimum atomic E-state index is -4.76. The molecule has 17 heteroatoms. The van der Waals surface area contributed by atoms with Crippen LogP contribution in [0.15, 0.2) is 48.8 Å². The predicted molar refractivity (Wildman–Crippen MR) is 225 cm³/mol. The van der Waals surface area contributed by atoms with E-state index in [0.29, 0.717) is 23.4 Å². The molecule has 2 aromatic heterocycles. The van der Waals surface area contributed by atoms with E-state index in [1.165, 1.54) is 80.8 Å². The molecule has 15 nitrogen and oxygen atoms in total. The number of phosphoric ester groups is 1. The summed E-state index contributed by atoms with van der Waals surface area (Å²) in [5, 5.41) is 24.1. The van der Waals surface area contributed by atoms with Gasteiger partial charge in [-0.05, 0) is 81.8 Å². The summed E-state index contributed by atoms with van der Waals surface area (Å²) >= 11 is 0. The molecule has 0 radical (unpaired) electrons. The summed E-state index contributed by atoms with van der Waals surface area (Å²) in [5.41, 5.74) is 5.57. The molecule has 0 amide bonds. The molecule has 0 saturated carbocycles. The first kappa shape index (κ1) is 48.2. The van der Waals surface area contributed by atoms with Gasteiger partial charge >= 0.3 is 7.82 Å². The van der Waals surface area contributed by atoms with Gasteiger partial charge in [0.15, 0.2) is 11.6 Å². The first-order valence-electron chi connectivity index (χ1n) is 21.6. The molecule has 1 aromatic carbocycles. The average molecular weight is 869 g/mol. The lowest BCUT2D eigenvalue weighted by molar-refractivity contribution is -0.204. The molecule has 61 heavy (non-hydrogen) atoms. The van der Waals surface area contributed by atoms with Gasteiger partial charge in [-0.25, -0.2) is 18.5 Å². The number of anilines is 1. The number of rotatable bonds is 28. The number of halogens is 1. The van der Waals surface area contributed by atoms with Crippen LogP contribution in [-0.4, -0.2) is 76.1 Å². The Labute approximate surface area is 358 Å². The Morgan fingerprint density at radius 3 is 2.38 bits per heavy atom. The Bertz CT molecular complexity index is 2000. The number of benzene rings is 1. The van der Waals surface area contributed by atoms with Gasteiger partial charge in [-0.2, -0.15) is 15.6 Å². The van der Waals surface area contributed by atoms with E-state index in [0.717, 1.165) is 38.2 Å². The van der Waals surface area contributed by atoms with Crippen LogP contribution in [0.4, 0.5) is 10.2 Å². The van der Waals surface area contributed by atoms with Crippen LogP contribution in [-0.2, 0) is 49.5 Å². The number of hydrogen-bond acceptors (Lipinski definition) is 13. The molecule has 334 valence electrons. The van der Waals surface area contributed by atoms with Crippen LogP contribution in [0, 0.1) is 28.5 Å². The van der Waals surface area contributed by atoms with Crippen molar-refractivity contribution in [3.05, 3.63) is 71.4 Å². The number of unbranched alkanes of at least 4 members (excludes halogenated alkanes) is 12. The summed E-state index contributed by atoms with van der Waals surface area (Å²) in [7, 11) is -4.76. The van der Waals surface area contributed by atoms with Gasteiger partial charge in [0.2, 0.25) is 5.60 Å². The second kappa shape index (κ2) is 23.6. The van der Waals surface area contributed by atoms with Gasteiger partial charge in [0.25, 0.3) is 0 Å². The second-order valence-corrected chi connectivity index (χ2v) is 17.6. The molecule has 5 rings (SSSR count). The summed E-state index contributed by atoms with van der Waals surface area (Å²) in [6.45, 7) is 5.06. The topological polar surface area (TPSA) is 206 Å². The van der Waals surface area contributed by atoms with Crippen molar-refractivity contribution < 1.29 is 46.6 Å². The van der Waals surface area contributed by atoms with Crippen molar-refractivity contribution in [1.82, 2.24) is 14.6 Å². The molecule has 2 aliphatic rings. The molecule has 4 heterocycles. The molecule has 2 aliphatic heterocycles. The summed E-state index contributed by atoms with van der Waals surface area (Å²) < 4.78 is 70.2. The number of nitriles is 2. The fraction of sp³-hybridized carbons (Fsp3) is 0.636. The van der Waals surface area contributed by atoms with Crippen molar-refractivity contribution in [2.45, 2.75) is 153 Å². The van der Waals surface area contributed by atoms with Crippen LogP contribution < -0.4 is 5.73 Å².